The van der Waals surface area contributed by atoms with Crippen LogP contribution in [0.4, 0.5) is 10.1 Å². The third kappa shape index (κ3) is 2.28. The van der Waals surface area contributed by atoms with Crippen LogP contribution in [0.1, 0.15) is 50.6 Å². The van der Waals surface area contributed by atoms with Crippen molar-refractivity contribution >= 4 is 5.69 Å². The molecule has 0 bridgehead atoms. The van der Waals surface area contributed by atoms with Gasteiger partial charge in [0.25, 0.3) is 0 Å². The minimum absolute atomic E-state index is 0.208. The average molecular weight is 302 g/mol. The van der Waals surface area contributed by atoms with Crippen molar-refractivity contribution in [1.29, 1.82) is 0 Å². The van der Waals surface area contributed by atoms with E-state index in [9.17, 15) is 4.39 Å². The Morgan fingerprint density at radius 2 is 2.00 bits per heavy atom. The van der Waals surface area contributed by atoms with Crippen LogP contribution in [0.15, 0.2) is 24.5 Å². The molecule has 0 aliphatic heterocycles. The largest absolute Gasteiger partial charge is 0.399 e. The van der Waals surface area contributed by atoms with Crippen LogP contribution in [-0.4, -0.2) is 14.8 Å². The third-order valence-corrected chi connectivity index (χ3v) is 4.73. The van der Waals surface area contributed by atoms with Crippen LogP contribution in [0.5, 0.6) is 0 Å². The Bertz CT molecular complexity index is 693. The molecule has 3 rings (SSSR count). The van der Waals surface area contributed by atoms with Gasteiger partial charge in [-0.05, 0) is 55.9 Å². The molecule has 1 aromatic heterocycles. The van der Waals surface area contributed by atoms with E-state index in [2.05, 4.69) is 17.1 Å². The van der Waals surface area contributed by atoms with E-state index in [1.807, 2.05) is 23.7 Å². The molecule has 22 heavy (non-hydrogen) atoms. The molecule has 1 fully saturated rings. The molecule has 4 nitrogen and oxygen atoms in total. The standard InChI is InChI=1S/C17H23FN4/c1-11-8-17(9-11,15-21-20-10-22(15)4)13-5-12(16(2,3)18)6-14(19)7-13/h5-7,10-11H,8-9,19H2,1-4H3. The highest BCUT2D eigenvalue weighted by molar-refractivity contribution is 5.51. The average Bonchev–Trinajstić information content (AvgIpc) is 2.79. The minimum atomic E-state index is -1.42. The summed E-state index contributed by atoms with van der Waals surface area (Å²) in [5.74, 6) is 1.54. The monoisotopic (exact) mass is 302 g/mol. The minimum Gasteiger partial charge on any atom is -0.399 e. The topological polar surface area (TPSA) is 56.7 Å². The van der Waals surface area contributed by atoms with Gasteiger partial charge in [0.05, 0.1) is 5.41 Å². The maximum absolute atomic E-state index is 14.4. The molecule has 0 saturated heterocycles. The molecule has 0 radical (unpaired) electrons. The molecule has 1 saturated carbocycles. The van der Waals surface area contributed by atoms with Crippen LogP contribution >= 0.6 is 0 Å². The van der Waals surface area contributed by atoms with Gasteiger partial charge in [-0.2, -0.15) is 0 Å². The highest BCUT2D eigenvalue weighted by Gasteiger charge is 2.48. The van der Waals surface area contributed by atoms with Gasteiger partial charge in [0, 0.05) is 12.7 Å². The molecule has 2 aromatic rings. The first-order valence-corrected chi connectivity index (χ1v) is 7.67. The Labute approximate surface area is 130 Å². The summed E-state index contributed by atoms with van der Waals surface area (Å²) in [6.07, 6.45) is 3.68. The number of nitrogen functional groups attached to an aromatic ring is 1. The van der Waals surface area contributed by atoms with Crippen molar-refractivity contribution in [3.8, 4) is 0 Å². The summed E-state index contributed by atoms with van der Waals surface area (Å²) >= 11 is 0. The quantitative estimate of drug-likeness (QED) is 0.885. The highest BCUT2D eigenvalue weighted by atomic mass is 19.1. The first-order chi connectivity index (χ1) is 10.2. The van der Waals surface area contributed by atoms with E-state index >= 15 is 0 Å². The van der Waals surface area contributed by atoms with Gasteiger partial charge in [-0.1, -0.05) is 13.0 Å². The molecule has 0 atom stereocenters. The van der Waals surface area contributed by atoms with E-state index in [1.54, 1.807) is 26.2 Å². The van der Waals surface area contributed by atoms with E-state index < -0.39 is 5.67 Å². The number of hydrogen-bond donors (Lipinski definition) is 1. The van der Waals surface area contributed by atoms with Gasteiger partial charge in [0.1, 0.15) is 17.8 Å². The maximum atomic E-state index is 14.4. The number of nitrogens with zero attached hydrogens (tertiary/aromatic N) is 3. The lowest BCUT2D eigenvalue weighted by atomic mass is 9.58. The number of benzene rings is 1. The van der Waals surface area contributed by atoms with E-state index in [1.165, 1.54) is 0 Å². The Morgan fingerprint density at radius 3 is 2.50 bits per heavy atom. The predicted molar refractivity (Wildman–Crippen MR) is 85.2 cm³/mol. The number of aromatic nitrogens is 3. The summed E-state index contributed by atoms with van der Waals surface area (Å²) < 4.78 is 16.4. The van der Waals surface area contributed by atoms with E-state index in [0.717, 1.165) is 24.2 Å². The second-order valence-electron chi connectivity index (χ2n) is 7.18. The van der Waals surface area contributed by atoms with Crippen molar-refractivity contribution in [2.45, 2.75) is 44.7 Å². The predicted octanol–water partition coefficient (Wildman–Crippen LogP) is 3.32. The van der Waals surface area contributed by atoms with Gasteiger partial charge in [-0.15, -0.1) is 10.2 Å². The molecular weight excluding hydrogens is 279 g/mol. The Balaban J connectivity index is 2.15. The molecule has 5 heteroatoms. The summed E-state index contributed by atoms with van der Waals surface area (Å²) in [6, 6.07) is 5.61. The van der Waals surface area contributed by atoms with Crippen LogP contribution in [0.3, 0.4) is 0 Å². The summed E-state index contributed by atoms with van der Waals surface area (Å²) in [5, 5.41) is 8.34. The molecule has 1 aliphatic rings. The molecule has 1 aromatic carbocycles. The summed E-state index contributed by atoms with van der Waals surface area (Å²) in [4.78, 5) is 0. The number of halogens is 1. The van der Waals surface area contributed by atoms with Crippen LogP contribution in [0, 0.1) is 5.92 Å². The fourth-order valence-corrected chi connectivity index (χ4v) is 3.66. The van der Waals surface area contributed by atoms with Crippen LogP contribution in [0.2, 0.25) is 0 Å². The third-order valence-electron chi connectivity index (χ3n) is 4.73. The molecule has 0 spiro atoms. The number of alkyl halides is 1. The lowest BCUT2D eigenvalue weighted by molar-refractivity contribution is 0.183. The van der Waals surface area contributed by atoms with Crippen molar-refractivity contribution < 1.29 is 4.39 Å². The Hall–Kier alpha value is -1.91. The number of anilines is 1. The smallest absolute Gasteiger partial charge is 0.143 e. The van der Waals surface area contributed by atoms with Crippen molar-refractivity contribution in [2.24, 2.45) is 13.0 Å². The zero-order chi connectivity index (χ0) is 16.1. The van der Waals surface area contributed by atoms with Gasteiger partial charge in [0.15, 0.2) is 0 Å². The lowest BCUT2D eigenvalue weighted by Crippen LogP contribution is -2.43. The lowest BCUT2D eigenvalue weighted by Gasteiger charge is -2.46. The highest BCUT2D eigenvalue weighted by Crippen LogP contribution is 2.52. The number of aryl methyl sites for hydroxylation is 1. The summed E-state index contributed by atoms with van der Waals surface area (Å²) in [7, 11) is 1.95. The second-order valence-corrected chi connectivity index (χ2v) is 7.18. The van der Waals surface area contributed by atoms with Gasteiger partial charge in [0.2, 0.25) is 0 Å². The fraction of sp³-hybridized carbons (Fsp3) is 0.529. The van der Waals surface area contributed by atoms with E-state index in [-0.39, 0.29) is 5.41 Å². The maximum Gasteiger partial charge on any atom is 0.143 e. The first kappa shape index (κ1) is 15.0. The zero-order valence-corrected chi connectivity index (χ0v) is 13.6. The van der Waals surface area contributed by atoms with Crippen LogP contribution < -0.4 is 5.73 Å². The molecule has 2 N–H and O–H groups in total. The second kappa shape index (κ2) is 4.80. The molecule has 1 heterocycles. The molecule has 1 aliphatic carbocycles. The van der Waals surface area contributed by atoms with Crippen LogP contribution in [-0.2, 0) is 18.1 Å². The van der Waals surface area contributed by atoms with Gasteiger partial charge in [-0.25, -0.2) is 4.39 Å². The first-order valence-electron chi connectivity index (χ1n) is 7.67. The molecule has 118 valence electrons. The van der Waals surface area contributed by atoms with Crippen molar-refractivity contribution in [3.63, 3.8) is 0 Å². The Morgan fingerprint density at radius 1 is 1.32 bits per heavy atom. The SMILES string of the molecule is CC1CC(c2cc(N)cc(C(C)(C)F)c2)(c2nncn2C)C1. The van der Waals surface area contributed by atoms with Crippen molar-refractivity contribution in [1.82, 2.24) is 14.8 Å². The number of rotatable bonds is 3. The van der Waals surface area contributed by atoms with Crippen LogP contribution in [0.25, 0.3) is 0 Å². The summed E-state index contributed by atoms with van der Waals surface area (Å²) in [5.41, 5.74) is 6.68. The number of hydrogen-bond acceptors (Lipinski definition) is 3. The normalized spacial score (nSPS) is 25.0. The van der Waals surface area contributed by atoms with E-state index in [4.69, 9.17) is 5.73 Å². The van der Waals surface area contributed by atoms with Crippen molar-refractivity contribution in [3.05, 3.63) is 41.5 Å². The molecule has 0 unspecified atom stereocenters. The summed E-state index contributed by atoms with van der Waals surface area (Å²) in [6.45, 7) is 5.34. The Kier molecular flexibility index (Phi) is 3.27. The zero-order valence-electron chi connectivity index (χ0n) is 13.6. The van der Waals surface area contributed by atoms with Crippen molar-refractivity contribution in [2.75, 3.05) is 5.73 Å². The number of nitrogens with two attached hydrogens (primary N) is 1. The van der Waals surface area contributed by atoms with Gasteiger partial charge in [-0.3, -0.25) is 0 Å². The molecule has 0 amide bonds. The van der Waals surface area contributed by atoms with E-state index in [0.29, 0.717) is 17.2 Å². The fourth-order valence-electron chi connectivity index (χ4n) is 3.66. The molecular formula is C17H23FN4. The van der Waals surface area contributed by atoms with Gasteiger partial charge >= 0.3 is 0 Å². The van der Waals surface area contributed by atoms with Gasteiger partial charge < -0.3 is 10.3 Å².